The van der Waals surface area contributed by atoms with Crippen LogP contribution in [0.3, 0.4) is 0 Å². The van der Waals surface area contributed by atoms with Crippen molar-refractivity contribution < 1.29 is 83.1 Å². The van der Waals surface area contributed by atoms with Crippen molar-refractivity contribution in [1.82, 2.24) is 4.90 Å². The van der Waals surface area contributed by atoms with Gasteiger partial charge in [0.1, 0.15) is 11.2 Å². The molecule has 7 aliphatic rings. The summed E-state index contributed by atoms with van der Waals surface area (Å²) in [5.41, 5.74) is -6.91. The van der Waals surface area contributed by atoms with Crippen LogP contribution in [0.15, 0.2) is 24.3 Å². The van der Waals surface area contributed by atoms with Gasteiger partial charge >= 0.3 is 23.9 Å². The maximum Gasteiger partial charge on any atom is 0.340 e. The molecule has 2 heterocycles. The maximum atomic E-state index is 14.1. The number of nitrogens with zero attached hydrogens (tertiary/aromatic N) is 2. The molecule has 1 aromatic rings. The Kier molecular flexibility index (Phi) is 12.0. The lowest BCUT2D eigenvalue weighted by Crippen LogP contribution is -2.82. The van der Waals surface area contributed by atoms with E-state index in [9.17, 15) is 39.0 Å². The fraction of sp³-hybridized carbons (Fsp3) is 0.721. The number of anilines is 1. The van der Waals surface area contributed by atoms with Gasteiger partial charge in [-0.15, -0.1) is 0 Å². The first kappa shape index (κ1) is 45.9. The van der Waals surface area contributed by atoms with Crippen LogP contribution in [-0.4, -0.2) is 167 Å². The molecule has 8 rings (SSSR count). The summed E-state index contributed by atoms with van der Waals surface area (Å²) < 4.78 is 31.4. The minimum absolute atomic E-state index is 0.0358. The number of fused-ring (bicyclic) bond motifs is 2. The van der Waals surface area contributed by atoms with Crippen LogP contribution in [0.2, 0.25) is 0 Å². The number of esters is 1. The van der Waals surface area contributed by atoms with Crippen molar-refractivity contribution in [2.24, 2.45) is 40.4 Å². The highest BCUT2D eigenvalue weighted by Crippen LogP contribution is 2.80. The Bertz CT molecular complexity index is 1980. The quantitative estimate of drug-likeness (QED) is 0.111. The van der Waals surface area contributed by atoms with Crippen LogP contribution < -0.4 is 4.90 Å². The molecule has 5 aliphatic carbocycles. The molecular formula is C43H58N2O17. The van der Waals surface area contributed by atoms with Gasteiger partial charge in [-0.05, 0) is 43.9 Å². The molecule has 1 spiro atoms. The van der Waals surface area contributed by atoms with E-state index in [0.717, 1.165) is 11.3 Å². The van der Waals surface area contributed by atoms with Crippen LogP contribution in [0.1, 0.15) is 69.2 Å². The number of piperidine rings is 1. The van der Waals surface area contributed by atoms with E-state index in [1.54, 1.807) is 59.6 Å². The number of carbonyl (C=O) groups excluding carboxylic acids is 3. The molecule has 2 amide bonds. The van der Waals surface area contributed by atoms with E-state index in [4.69, 9.17) is 44.1 Å². The van der Waals surface area contributed by atoms with Crippen molar-refractivity contribution >= 4 is 41.4 Å². The predicted molar refractivity (Wildman–Crippen MR) is 212 cm³/mol. The highest BCUT2D eigenvalue weighted by molar-refractivity contribution is 6.22. The third-order valence-corrected chi connectivity index (χ3v) is 15.8. The molecule has 5 saturated carbocycles. The summed E-state index contributed by atoms with van der Waals surface area (Å²) in [6, 6.07) is 6.12. The largest absolute Gasteiger partial charge is 0.481 e. The first-order valence-corrected chi connectivity index (χ1v) is 21.0. The number of imide groups is 1. The Morgan fingerprint density at radius 3 is 2.13 bits per heavy atom. The normalized spacial score (nSPS) is 40.2. The minimum Gasteiger partial charge on any atom is -0.481 e. The van der Waals surface area contributed by atoms with Gasteiger partial charge in [0.2, 0.25) is 11.8 Å². The summed E-state index contributed by atoms with van der Waals surface area (Å²) in [6.07, 6.45) is -1.48. The molecule has 0 radical (unpaired) electrons. The van der Waals surface area contributed by atoms with Crippen molar-refractivity contribution in [2.45, 2.75) is 106 Å². The number of carbonyl (C=O) groups is 6. The number of likely N-dealkylation sites (N-methyl/N-ethyl adjacent to an activating group) is 1. The lowest BCUT2D eigenvalue weighted by atomic mass is 9.42. The lowest BCUT2D eigenvalue weighted by Gasteiger charge is -2.70. The number of carboxylic acid groups (broad SMARTS) is 3. The van der Waals surface area contributed by atoms with E-state index in [-0.39, 0.29) is 84.5 Å². The van der Waals surface area contributed by atoms with Gasteiger partial charge in [0.05, 0.1) is 61.2 Å². The second kappa shape index (κ2) is 16.2. The Labute approximate surface area is 358 Å². The first-order valence-electron chi connectivity index (χ1n) is 21.0. The number of amides is 2. The second-order valence-electron chi connectivity index (χ2n) is 18.4. The molecule has 19 nitrogen and oxygen atoms in total. The number of aliphatic hydroxyl groups is 3. The van der Waals surface area contributed by atoms with Crippen LogP contribution in [0.25, 0.3) is 0 Å². The zero-order valence-electron chi connectivity index (χ0n) is 35.7. The summed E-state index contributed by atoms with van der Waals surface area (Å²) >= 11 is 0. The van der Waals surface area contributed by atoms with E-state index in [1.165, 1.54) is 0 Å². The lowest BCUT2D eigenvalue weighted by molar-refractivity contribution is -0.320. The molecule has 14 unspecified atom stereocenters. The fourth-order valence-corrected chi connectivity index (χ4v) is 13.9. The summed E-state index contributed by atoms with van der Waals surface area (Å²) in [7, 11) is 6.70. The van der Waals surface area contributed by atoms with Gasteiger partial charge in [0.15, 0.2) is 5.60 Å². The van der Waals surface area contributed by atoms with Gasteiger partial charge in [-0.3, -0.25) is 24.1 Å². The Balaban J connectivity index is 0.000000387. The third kappa shape index (κ3) is 6.28. The van der Waals surface area contributed by atoms with Crippen LogP contribution in [0.4, 0.5) is 5.69 Å². The number of carboxylic acids is 3. The zero-order chi connectivity index (χ0) is 45.5. The third-order valence-electron chi connectivity index (χ3n) is 15.8. The molecule has 2 aliphatic heterocycles. The molecule has 62 heavy (non-hydrogen) atoms. The molecule has 342 valence electrons. The van der Waals surface area contributed by atoms with Crippen molar-refractivity contribution in [1.29, 1.82) is 0 Å². The van der Waals surface area contributed by atoms with Gasteiger partial charge in [0.25, 0.3) is 0 Å². The molecule has 1 aromatic carbocycles. The molecule has 2 saturated heterocycles. The number of benzene rings is 1. The maximum absolute atomic E-state index is 14.1. The predicted octanol–water partition coefficient (Wildman–Crippen LogP) is 0.787. The van der Waals surface area contributed by atoms with Crippen molar-refractivity contribution in [3.63, 3.8) is 0 Å². The smallest absolute Gasteiger partial charge is 0.340 e. The number of ether oxygens (including phenoxy) is 5. The Morgan fingerprint density at radius 2 is 1.60 bits per heavy atom. The molecule has 19 heteroatoms. The van der Waals surface area contributed by atoms with E-state index in [1.807, 2.05) is 0 Å². The van der Waals surface area contributed by atoms with Gasteiger partial charge < -0.3 is 54.3 Å². The van der Waals surface area contributed by atoms with Crippen molar-refractivity contribution in [3.8, 4) is 0 Å². The molecule has 7 bridgehead atoms. The number of rotatable bonds is 14. The van der Waals surface area contributed by atoms with Gasteiger partial charge in [-0.1, -0.05) is 26.0 Å². The van der Waals surface area contributed by atoms with Crippen LogP contribution in [0.5, 0.6) is 0 Å². The average molecular weight is 875 g/mol. The number of aliphatic carboxylic acids is 3. The fourth-order valence-electron chi connectivity index (χ4n) is 13.9. The summed E-state index contributed by atoms with van der Waals surface area (Å²) in [4.78, 5) is 73.8. The average Bonchev–Trinajstić information content (AvgIpc) is 3.75. The number of methoxy groups -OCH3 is 4. The first-order chi connectivity index (χ1) is 29.2. The SMILES string of the molecule is CCN1CC2(COC(=O)c3ccccc3N3C(=O)CC(C)C3=O)CCC(OC)C34C5CC6C(OC)CC(O)(C5C6OC)C(O)(C(OC)C23)C14.O=C(O)CC(O)(CC(=O)O)C(=O)O. The van der Waals surface area contributed by atoms with Crippen LogP contribution in [-0.2, 0) is 47.7 Å². The van der Waals surface area contributed by atoms with Gasteiger partial charge in [-0.25, -0.2) is 14.5 Å². The molecule has 14 atom stereocenters. The van der Waals surface area contributed by atoms with E-state index in [0.29, 0.717) is 25.9 Å². The van der Waals surface area contributed by atoms with Crippen LogP contribution in [0, 0.1) is 40.4 Å². The molecular weight excluding hydrogens is 816 g/mol. The number of para-hydroxylation sites is 1. The Hall–Kier alpha value is -4.08. The van der Waals surface area contributed by atoms with E-state index < -0.39 is 82.4 Å². The Morgan fingerprint density at radius 1 is 0.935 bits per heavy atom. The summed E-state index contributed by atoms with van der Waals surface area (Å²) in [5.74, 6) is -7.49. The highest BCUT2D eigenvalue weighted by Gasteiger charge is 2.91. The van der Waals surface area contributed by atoms with Crippen molar-refractivity contribution in [3.05, 3.63) is 29.8 Å². The monoisotopic (exact) mass is 874 g/mol. The second-order valence-corrected chi connectivity index (χ2v) is 18.4. The highest BCUT2D eigenvalue weighted by atomic mass is 16.5. The van der Waals surface area contributed by atoms with E-state index >= 15 is 0 Å². The molecule has 7 fully saturated rings. The van der Waals surface area contributed by atoms with Gasteiger partial charge in [0, 0.05) is 82.3 Å². The number of hydrogen-bond donors (Lipinski definition) is 6. The number of hydrogen-bond acceptors (Lipinski definition) is 15. The van der Waals surface area contributed by atoms with Crippen LogP contribution >= 0.6 is 0 Å². The topological polar surface area (TPSA) is 276 Å². The minimum atomic E-state index is -2.74. The summed E-state index contributed by atoms with van der Waals surface area (Å²) in [6.45, 7) is 4.95. The van der Waals surface area contributed by atoms with E-state index in [2.05, 4.69) is 11.8 Å². The zero-order valence-corrected chi connectivity index (χ0v) is 35.7. The summed E-state index contributed by atoms with van der Waals surface area (Å²) in [5, 5.41) is 60.4. The molecule has 0 aromatic heterocycles. The van der Waals surface area contributed by atoms with Crippen molar-refractivity contribution in [2.75, 3.05) is 53.0 Å². The standard InChI is InChI=1S/C37H50N2O10.C6H8O7/c1-7-38-17-34(18-49-32(42)20-10-8-9-11-23(20)39-26(40)14-19(2)31(39)41)13-12-25(46-4)36-22-15-21-24(45-3)16-35(43,27(22)28(21)47-5)37(44,33(36)38)30(48-6)29(34)36;7-3(8)1-6(13,5(11)12)2-4(9)10/h8-11,19,21-22,24-25,27-30,33,43-44H,7,12-18H2,1-6H3;13H,1-2H2,(H,7,8)(H,9,10)(H,11,12). The number of likely N-dealkylation sites (tertiary alicyclic amines) is 1. The van der Waals surface area contributed by atoms with Gasteiger partial charge in [-0.2, -0.15) is 0 Å². The molecule has 6 N–H and O–H groups in total.